The van der Waals surface area contributed by atoms with E-state index in [0.29, 0.717) is 37.1 Å². The van der Waals surface area contributed by atoms with Crippen molar-refractivity contribution in [3.8, 4) is 5.75 Å². The molecular formula is C49H72N12O13S3. The van der Waals surface area contributed by atoms with Gasteiger partial charge in [0.2, 0.25) is 59.1 Å². The summed E-state index contributed by atoms with van der Waals surface area (Å²) >= 11 is 9.80. The summed E-state index contributed by atoms with van der Waals surface area (Å²) in [6.07, 6.45) is 2.79. The molecule has 1 aliphatic heterocycles. The first-order chi connectivity index (χ1) is 36.6. The van der Waals surface area contributed by atoms with E-state index in [4.69, 9.17) is 17.2 Å². The summed E-state index contributed by atoms with van der Waals surface area (Å²) in [4.78, 5) is 146. The van der Waals surface area contributed by atoms with E-state index in [0.717, 1.165) is 5.56 Å². The smallest absolute Gasteiger partial charge is 0.326 e. The van der Waals surface area contributed by atoms with Crippen molar-refractivity contribution in [3.63, 3.8) is 0 Å². The third-order valence-electron chi connectivity index (χ3n) is 12.1. The van der Waals surface area contributed by atoms with Gasteiger partial charge in [-0.05, 0) is 93.7 Å². The van der Waals surface area contributed by atoms with Crippen LogP contribution in [0.3, 0.4) is 0 Å². The molecule has 424 valence electrons. The first-order valence-electron chi connectivity index (χ1n) is 24.8. The molecule has 0 saturated carbocycles. The highest BCUT2D eigenvalue weighted by molar-refractivity contribution is 7.98. The molecule has 25 nitrogen and oxygen atoms in total. The Kier molecular flexibility index (Phi) is 28.1. The number of phenolic OH excluding ortho intramolecular Hbond substituents is 1. The average Bonchev–Trinajstić information content (AvgIpc) is 3.90. The van der Waals surface area contributed by atoms with Gasteiger partial charge >= 0.3 is 5.97 Å². The number of aliphatic carboxylic acids is 1. The van der Waals surface area contributed by atoms with E-state index in [-0.39, 0.29) is 55.9 Å². The molecule has 0 bridgehead atoms. The van der Waals surface area contributed by atoms with Gasteiger partial charge in [0, 0.05) is 24.5 Å². The van der Waals surface area contributed by atoms with Crippen LogP contribution >= 0.6 is 37.0 Å². The van der Waals surface area contributed by atoms with Gasteiger partial charge in [-0.15, -0.1) is 0 Å². The highest BCUT2D eigenvalue weighted by Gasteiger charge is 2.39. The Labute approximate surface area is 461 Å². The molecular weight excluding hydrogens is 1060 g/mol. The van der Waals surface area contributed by atoms with Gasteiger partial charge in [0.1, 0.15) is 54.1 Å². The zero-order chi connectivity index (χ0) is 57.2. The normalized spacial score (nSPS) is 16.1. The Balaban J connectivity index is 1.67. The maximum Gasteiger partial charge on any atom is 0.326 e. The van der Waals surface area contributed by atoms with E-state index in [2.05, 4.69) is 67.8 Å². The fraction of sp³-hybridized carbons (Fsp3) is 0.531. The van der Waals surface area contributed by atoms with Crippen molar-refractivity contribution in [2.24, 2.45) is 17.2 Å². The van der Waals surface area contributed by atoms with Crippen molar-refractivity contribution in [2.75, 3.05) is 43.1 Å². The number of nitrogens with zero attached hydrogens (tertiary/aromatic N) is 1. The Morgan fingerprint density at radius 1 is 0.688 bits per heavy atom. The number of likely N-dealkylation sites (tertiary alicyclic amines) is 1. The molecule has 2 aromatic carbocycles. The Bertz CT molecular complexity index is 2360. The van der Waals surface area contributed by atoms with Crippen LogP contribution < -0.4 is 59.7 Å². The molecule has 2 aromatic rings. The topological polar surface area (TPSA) is 406 Å². The molecule has 28 heteroatoms. The van der Waals surface area contributed by atoms with E-state index >= 15 is 0 Å². The minimum atomic E-state index is -1.62. The van der Waals surface area contributed by atoms with Crippen molar-refractivity contribution in [3.05, 3.63) is 65.7 Å². The second kappa shape index (κ2) is 33.5. The van der Waals surface area contributed by atoms with Gasteiger partial charge in [0.15, 0.2) is 0 Å². The molecule has 1 aliphatic rings. The van der Waals surface area contributed by atoms with Crippen LogP contribution in [-0.4, -0.2) is 178 Å². The summed E-state index contributed by atoms with van der Waals surface area (Å²) in [6, 6.07) is 3.43. The standard InChI is InChI=1S/C49H72N12O13S3/c1-27(54-45(69)37(26-76)60-43(67)32(17-20-77-2)56-42(66)31(51)21-28-9-4-3-5-10-28)41(65)59-35(22-29-13-15-30(62)16-14-29)48(72)61-19-8-12-38(61)47(71)53-24-40(64)55-36(25-75)46(70)58-34(23-39(52)63)44(68)57-33(49(73)74)11-6-7-18-50/h3-5,9-10,13-16,27,31-38,62,75-76H,6-8,11-12,17-26,50-51H2,1-2H3,(H2,52,63)(H,53,71)(H,54,69)(H,55,64)(H,56,66)(H,57,68)(H,58,70)(H,59,65)(H,60,67)(H,73,74)/t27-,31-,32-,33-,34-,35-,36-,37-,38-/m0/s1. The number of benzene rings is 2. The zero-order valence-electron chi connectivity index (χ0n) is 42.9. The molecule has 3 rings (SSSR count). The number of aromatic hydroxyl groups is 1. The average molecular weight is 1130 g/mol. The van der Waals surface area contributed by atoms with Gasteiger partial charge in [-0.2, -0.15) is 37.0 Å². The van der Waals surface area contributed by atoms with Gasteiger partial charge in [-0.3, -0.25) is 47.9 Å². The lowest BCUT2D eigenvalue weighted by Crippen LogP contribution is -2.60. The number of hydrogen-bond acceptors (Lipinski definition) is 17. The fourth-order valence-corrected chi connectivity index (χ4v) is 8.87. The number of unbranched alkanes of at least 4 members (excludes halogenated alkanes) is 1. The lowest BCUT2D eigenvalue weighted by atomic mass is 10.0. The first-order valence-corrected chi connectivity index (χ1v) is 27.5. The van der Waals surface area contributed by atoms with Crippen LogP contribution in [0.5, 0.6) is 5.75 Å². The van der Waals surface area contributed by atoms with E-state index in [1.807, 2.05) is 36.6 Å². The van der Waals surface area contributed by atoms with Crippen LogP contribution in [-0.2, 0) is 65.6 Å². The SMILES string of the molecule is CSCC[C@H](NC(=O)[C@@H](N)Cc1ccccc1)C(=O)N[C@@H](CS)C(=O)N[C@@H](C)C(=O)N[C@@H](Cc1ccc(O)cc1)C(=O)N1CCC[C@H]1C(=O)NCC(=O)N[C@@H](CS)C(=O)N[C@@H](CC(N)=O)C(=O)N[C@@H](CCCCN)C(=O)O. The molecule has 0 aromatic heterocycles. The zero-order valence-corrected chi connectivity index (χ0v) is 45.5. The van der Waals surface area contributed by atoms with E-state index < -0.39 is 132 Å². The van der Waals surface area contributed by atoms with Gasteiger partial charge in [0.25, 0.3) is 0 Å². The number of thiol groups is 2. The molecule has 0 aliphatic carbocycles. The lowest BCUT2D eigenvalue weighted by Gasteiger charge is -2.30. The monoisotopic (exact) mass is 1130 g/mol. The van der Waals surface area contributed by atoms with Crippen LogP contribution in [0.15, 0.2) is 54.6 Å². The van der Waals surface area contributed by atoms with E-state index in [1.54, 1.807) is 0 Å². The van der Waals surface area contributed by atoms with Crippen LogP contribution in [0.25, 0.3) is 0 Å². The Morgan fingerprint density at radius 2 is 1.25 bits per heavy atom. The number of thioether (sulfide) groups is 1. The first kappa shape index (κ1) is 64.7. The predicted octanol–water partition coefficient (Wildman–Crippen LogP) is -3.27. The number of phenols is 1. The third-order valence-corrected chi connectivity index (χ3v) is 13.5. The quantitative estimate of drug-likeness (QED) is 0.0246. The third kappa shape index (κ3) is 22.1. The highest BCUT2D eigenvalue weighted by Crippen LogP contribution is 2.21. The minimum Gasteiger partial charge on any atom is -0.508 e. The second-order valence-corrected chi connectivity index (χ2v) is 19.9. The van der Waals surface area contributed by atoms with Crippen LogP contribution in [0.1, 0.15) is 63.0 Å². The van der Waals surface area contributed by atoms with Crippen molar-refractivity contribution in [2.45, 2.75) is 119 Å². The van der Waals surface area contributed by atoms with Crippen molar-refractivity contribution in [1.29, 1.82) is 0 Å². The number of hydrogen-bond donors (Lipinski definition) is 15. The molecule has 1 heterocycles. The molecule has 0 unspecified atom stereocenters. The Morgan fingerprint density at radius 3 is 1.86 bits per heavy atom. The molecule has 9 atom stereocenters. The maximum absolute atomic E-state index is 14.4. The van der Waals surface area contributed by atoms with Crippen molar-refractivity contribution in [1.82, 2.24) is 47.4 Å². The molecule has 0 radical (unpaired) electrons. The molecule has 0 spiro atoms. The summed E-state index contributed by atoms with van der Waals surface area (Å²) in [7, 11) is 0. The number of nitrogens with two attached hydrogens (primary N) is 3. The number of primary amides is 1. The van der Waals surface area contributed by atoms with E-state index in [1.165, 1.54) is 47.9 Å². The number of carbonyl (C=O) groups excluding carboxylic acids is 10. The number of carboxylic acids is 1. The molecule has 1 saturated heterocycles. The minimum absolute atomic E-state index is 0.0156. The summed E-state index contributed by atoms with van der Waals surface area (Å²) in [5, 5.41) is 39.3. The Hall–Kier alpha value is -6.62. The number of nitrogens with one attached hydrogen (secondary N) is 8. The molecule has 10 amide bonds. The highest BCUT2D eigenvalue weighted by atomic mass is 32.2. The van der Waals surface area contributed by atoms with Gasteiger partial charge in [0.05, 0.1) is 19.0 Å². The predicted molar refractivity (Wildman–Crippen MR) is 292 cm³/mol. The van der Waals surface area contributed by atoms with Gasteiger partial charge < -0.3 is 74.8 Å². The number of carbonyl (C=O) groups is 11. The summed E-state index contributed by atoms with van der Waals surface area (Å²) in [6.45, 7) is 1.01. The van der Waals surface area contributed by atoms with Crippen molar-refractivity contribution < 1.29 is 63.0 Å². The summed E-state index contributed by atoms with van der Waals surface area (Å²) in [5.41, 5.74) is 18.3. The van der Waals surface area contributed by atoms with Crippen LogP contribution in [0.2, 0.25) is 0 Å². The summed E-state index contributed by atoms with van der Waals surface area (Å²) < 4.78 is 0. The van der Waals surface area contributed by atoms with E-state index in [9.17, 15) is 63.0 Å². The van der Waals surface area contributed by atoms with Gasteiger partial charge in [-0.25, -0.2) is 4.79 Å². The lowest BCUT2D eigenvalue weighted by molar-refractivity contribution is -0.142. The van der Waals surface area contributed by atoms with Crippen LogP contribution in [0, 0.1) is 0 Å². The molecule has 16 N–H and O–H groups in total. The summed E-state index contributed by atoms with van der Waals surface area (Å²) in [5.74, 6) is -9.68. The maximum atomic E-state index is 14.4. The molecule has 77 heavy (non-hydrogen) atoms. The number of amides is 10. The molecule has 1 fully saturated rings. The number of rotatable bonds is 33. The number of carboxylic acid groups (broad SMARTS) is 1. The van der Waals surface area contributed by atoms with Gasteiger partial charge in [-0.1, -0.05) is 42.5 Å². The fourth-order valence-electron chi connectivity index (χ4n) is 7.89. The van der Waals surface area contributed by atoms with Crippen LogP contribution in [0.4, 0.5) is 0 Å². The largest absolute Gasteiger partial charge is 0.508 e. The van der Waals surface area contributed by atoms with Crippen molar-refractivity contribution >= 4 is 102 Å². The second-order valence-electron chi connectivity index (χ2n) is 18.2.